The first-order valence-electron chi connectivity index (χ1n) is 6.22. The van der Waals surface area contributed by atoms with E-state index in [1.807, 2.05) is 0 Å². The molecule has 1 aliphatic heterocycles. The molecule has 2 rings (SSSR count). The van der Waals surface area contributed by atoms with E-state index in [0.717, 1.165) is 17.8 Å². The van der Waals surface area contributed by atoms with Gasteiger partial charge in [-0.15, -0.1) is 11.3 Å². The number of amides is 1. The summed E-state index contributed by atoms with van der Waals surface area (Å²) in [5.41, 5.74) is 0.301. The van der Waals surface area contributed by atoms with Gasteiger partial charge >= 0.3 is 5.97 Å². The molecule has 104 valence electrons. The van der Waals surface area contributed by atoms with E-state index < -0.39 is 5.97 Å². The average molecular weight is 284 g/mol. The second kappa shape index (κ2) is 6.63. The van der Waals surface area contributed by atoms with Gasteiger partial charge in [0.1, 0.15) is 5.69 Å². The molecule has 0 radical (unpaired) electrons. The van der Waals surface area contributed by atoms with Crippen LogP contribution in [-0.4, -0.2) is 54.7 Å². The second-order valence-electron chi connectivity index (χ2n) is 4.02. The molecule has 0 aliphatic carbocycles. The molecule has 1 saturated heterocycles. The van der Waals surface area contributed by atoms with Gasteiger partial charge in [-0.25, -0.2) is 9.78 Å². The summed E-state index contributed by atoms with van der Waals surface area (Å²) in [6.07, 6.45) is 0.820. The van der Waals surface area contributed by atoms with Gasteiger partial charge in [-0.3, -0.25) is 4.79 Å². The number of esters is 1. The predicted molar refractivity (Wildman–Crippen MR) is 69.4 cm³/mol. The molecule has 2 heterocycles. The van der Waals surface area contributed by atoms with Crippen LogP contribution in [0.1, 0.15) is 33.6 Å². The number of ether oxygens (including phenoxy) is 2. The lowest BCUT2D eigenvalue weighted by molar-refractivity contribution is 0.0525. The van der Waals surface area contributed by atoms with Crippen LogP contribution in [0.4, 0.5) is 0 Å². The number of aromatic nitrogens is 1. The van der Waals surface area contributed by atoms with Crippen molar-refractivity contribution in [3.8, 4) is 0 Å². The Labute approximate surface area is 115 Å². The van der Waals surface area contributed by atoms with E-state index >= 15 is 0 Å². The molecule has 0 aromatic carbocycles. The first-order chi connectivity index (χ1) is 9.22. The van der Waals surface area contributed by atoms with Crippen molar-refractivity contribution >= 4 is 23.2 Å². The Balaban J connectivity index is 2.04. The Kier molecular flexibility index (Phi) is 4.86. The number of hydrogen-bond acceptors (Lipinski definition) is 6. The number of rotatable bonds is 3. The maximum atomic E-state index is 12.2. The van der Waals surface area contributed by atoms with Crippen molar-refractivity contribution in [1.82, 2.24) is 9.88 Å². The van der Waals surface area contributed by atoms with E-state index in [9.17, 15) is 9.59 Å². The van der Waals surface area contributed by atoms with Crippen molar-refractivity contribution in [2.45, 2.75) is 13.3 Å². The average Bonchev–Trinajstić information content (AvgIpc) is 2.74. The van der Waals surface area contributed by atoms with E-state index in [0.29, 0.717) is 38.6 Å². The maximum Gasteiger partial charge on any atom is 0.367 e. The van der Waals surface area contributed by atoms with Crippen LogP contribution in [0.5, 0.6) is 0 Å². The zero-order valence-electron chi connectivity index (χ0n) is 10.8. The van der Waals surface area contributed by atoms with Crippen LogP contribution in [0.25, 0.3) is 0 Å². The van der Waals surface area contributed by atoms with Crippen molar-refractivity contribution < 1.29 is 19.1 Å². The molecule has 0 N–H and O–H groups in total. The van der Waals surface area contributed by atoms with Gasteiger partial charge in [0.25, 0.3) is 5.91 Å². The van der Waals surface area contributed by atoms with Crippen molar-refractivity contribution in [2.75, 3.05) is 32.9 Å². The van der Waals surface area contributed by atoms with Crippen molar-refractivity contribution in [2.24, 2.45) is 0 Å². The highest BCUT2D eigenvalue weighted by molar-refractivity contribution is 7.11. The first kappa shape index (κ1) is 14.0. The number of hydrogen-bond donors (Lipinski definition) is 0. The number of thiazole rings is 1. The first-order valence-corrected chi connectivity index (χ1v) is 7.10. The fourth-order valence-corrected chi connectivity index (χ4v) is 2.45. The summed E-state index contributed by atoms with van der Waals surface area (Å²) in [4.78, 5) is 29.5. The third kappa shape index (κ3) is 3.51. The zero-order chi connectivity index (χ0) is 13.7. The molecule has 6 nitrogen and oxygen atoms in total. The lowest BCUT2D eigenvalue weighted by Gasteiger charge is -2.17. The topological polar surface area (TPSA) is 68.7 Å². The summed E-state index contributed by atoms with van der Waals surface area (Å²) in [5, 5.41) is 1.82. The summed E-state index contributed by atoms with van der Waals surface area (Å²) in [7, 11) is 0. The van der Waals surface area contributed by atoms with E-state index in [-0.39, 0.29) is 10.9 Å². The van der Waals surface area contributed by atoms with E-state index in [1.165, 1.54) is 0 Å². The maximum absolute atomic E-state index is 12.2. The Bertz CT molecular complexity index is 452. The molecule has 0 atom stereocenters. The van der Waals surface area contributed by atoms with Gasteiger partial charge in [-0.2, -0.15) is 0 Å². The monoisotopic (exact) mass is 284 g/mol. The summed E-state index contributed by atoms with van der Waals surface area (Å²) in [6.45, 7) is 4.46. The van der Waals surface area contributed by atoms with Crippen LogP contribution in [-0.2, 0) is 9.47 Å². The third-order valence-corrected chi connectivity index (χ3v) is 3.51. The number of carbonyl (C=O) groups excluding carboxylic acids is 2. The third-order valence-electron chi connectivity index (χ3n) is 2.68. The molecule has 1 amide bonds. The molecule has 1 aliphatic rings. The van der Waals surface area contributed by atoms with E-state index in [4.69, 9.17) is 9.47 Å². The molecule has 0 spiro atoms. The fourth-order valence-electron chi connectivity index (χ4n) is 1.77. The SMILES string of the molecule is CCOC(=O)c1nc(C(=O)N2CCCOCC2)cs1. The van der Waals surface area contributed by atoms with Crippen molar-refractivity contribution in [3.63, 3.8) is 0 Å². The highest BCUT2D eigenvalue weighted by Crippen LogP contribution is 2.14. The van der Waals surface area contributed by atoms with Crippen LogP contribution in [0.3, 0.4) is 0 Å². The largest absolute Gasteiger partial charge is 0.461 e. The molecular weight excluding hydrogens is 268 g/mol. The molecule has 0 saturated carbocycles. The summed E-state index contributed by atoms with van der Waals surface area (Å²) < 4.78 is 10.2. The van der Waals surface area contributed by atoms with Gasteiger partial charge < -0.3 is 14.4 Å². The lowest BCUT2D eigenvalue weighted by Crippen LogP contribution is -2.33. The summed E-state index contributed by atoms with van der Waals surface area (Å²) in [6, 6.07) is 0. The summed E-state index contributed by atoms with van der Waals surface area (Å²) >= 11 is 1.13. The van der Waals surface area contributed by atoms with Crippen molar-refractivity contribution in [3.05, 3.63) is 16.1 Å². The molecule has 0 unspecified atom stereocenters. The Morgan fingerprint density at radius 3 is 3.11 bits per heavy atom. The van der Waals surface area contributed by atoms with E-state index in [2.05, 4.69) is 4.98 Å². The quantitative estimate of drug-likeness (QED) is 0.780. The van der Waals surface area contributed by atoms with Gasteiger partial charge in [-0.05, 0) is 13.3 Å². The van der Waals surface area contributed by atoms with E-state index in [1.54, 1.807) is 17.2 Å². The van der Waals surface area contributed by atoms with Gasteiger partial charge in [0.15, 0.2) is 0 Å². The smallest absolute Gasteiger partial charge is 0.367 e. The minimum Gasteiger partial charge on any atom is -0.461 e. The number of carbonyl (C=O) groups is 2. The van der Waals surface area contributed by atoms with Crippen LogP contribution < -0.4 is 0 Å². The Morgan fingerprint density at radius 1 is 1.47 bits per heavy atom. The molecule has 19 heavy (non-hydrogen) atoms. The molecule has 1 fully saturated rings. The summed E-state index contributed by atoms with van der Waals surface area (Å²) in [5.74, 6) is -0.636. The minimum atomic E-state index is -0.481. The Morgan fingerprint density at radius 2 is 2.32 bits per heavy atom. The predicted octanol–water partition coefficient (Wildman–Crippen LogP) is 1.18. The molecular formula is C12H16N2O4S. The zero-order valence-corrected chi connectivity index (χ0v) is 11.6. The number of nitrogens with zero attached hydrogens (tertiary/aromatic N) is 2. The van der Waals surface area contributed by atoms with Crippen LogP contribution in [0.15, 0.2) is 5.38 Å². The highest BCUT2D eigenvalue weighted by Gasteiger charge is 2.22. The molecule has 0 bridgehead atoms. The fraction of sp³-hybridized carbons (Fsp3) is 0.583. The van der Waals surface area contributed by atoms with Gasteiger partial charge in [-0.1, -0.05) is 0 Å². The molecule has 1 aromatic heterocycles. The normalized spacial score (nSPS) is 15.9. The van der Waals surface area contributed by atoms with Crippen LogP contribution in [0.2, 0.25) is 0 Å². The molecule has 1 aromatic rings. The van der Waals surface area contributed by atoms with Gasteiger partial charge in [0.2, 0.25) is 5.01 Å². The van der Waals surface area contributed by atoms with Crippen LogP contribution in [0, 0.1) is 0 Å². The van der Waals surface area contributed by atoms with Gasteiger partial charge in [0.05, 0.1) is 13.2 Å². The Hall–Kier alpha value is -1.47. The second-order valence-corrected chi connectivity index (χ2v) is 4.87. The standard InChI is InChI=1S/C12H16N2O4S/c1-2-18-12(16)10-13-9(8-19-10)11(15)14-4-3-6-17-7-5-14/h8H,2-7H2,1H3. The van der Waals surface area contributed by atoms with Crippen molar-refractivity contribution in [1.29, 1.82) is 0 Å². The lowest BCUT2D eigenvalue weighted by atomic mass is 10.3. The van der Waals surface area contributed by atoms with Gasteiger partial charge in [0, 0.05) is 25.1 Å². The minimum absolute atomic E-state index is 0.155. The molecule has 7 heteroatoms. The highest BCUT2D eigenvalue weighted by atomic mass is 32.1. The van der Waals surface area contributed by atoms with Crippen LogP contribution >= 0.6 is 11.3 Å².